The van der Waals surface area contributed by atoms with Crippen LogP contribution in [-0.2, 0) is 5.41 Å². The fraction of sp³-hybridized carbons (Fsp3) is 0.0698. The Morgan fingerprint density at radius 2 is 0.955 bits per heavy atom. The highest BCUT2D eigenvalue weighted by Crippen LogP contribution is 2.53. The maximum Gasteiger partial charge on any atom is 0.136 e. The molecule has 1 heteroatoms. The van der Waals surface area contributed by atoms with Crippen LogP contribution in [-0.4, -0.2) is 0 Å². The van der Waals surface area contributed by atoms with Gasteiger partial charge in [-0.25, -0.2) is 0 Å². The van der Waals surface area contributed by atoms with Crippen molar-refractivity contribution in [2.75, 3.05) is 0 Å². The van der Waals surface area contributed by atoms with Gasteiger partial charge in [-0.1, -0.05) is 147 Å². The minimum absolute atomic E-state index is 0.0581. The number of furan rings is 1. The zero-order chi connectivity index (χ0) is 29.4. The van der Waals surface area contributed by atoms with Crippen molar-refractivity contribution in [3.05, 3.63) is 157 Å². The van der Waals surface area contributed by atoms with E-state index in [1.807, 2.05) is 0 Å². The summed E-state index contributed by atoms with van der Waals surface area (Å²) >= 11 is 0. The Kier molecular flexibility index (Phi) is 5.31. The van der Waals surface area contributed by atoms with Crippen LogP contribution in [0.3, 0.4) is 0 Å². The van der Waals surface area contributed by atoms with E-state index in [4.69, 9.17) is 4.42 Å². The van der Waals surface area contributed by atoms with Crippen LogP contribution < -0.4 is 0 Å². The molecule has 0 atom stereocenters. The van der Waals surface area contributed by atoms with Crippen molar-refractivity contribution in [2.24, 2.45) is 0 Å². The van der Waals surface area contributed by atoms with Crippen LogP contribution in [0.2, 0.25) is 0 Å². The summed E-state index contributed by atoms with van der Waals surface area (Å²) in [6.45, 7) is 4.65. The molecule has 0 aliphatic heterocycles. The molecule has 8 aromatic rings. The first kappa shape index (κ1) is 25.1. The van der Waals surface area contributed by atoms with E-state index in [2.05, 4.69) is 159 Å². The second kappa shape index (κ2) is 9.30. The van der Waals surface area contributed by atoms with Crippen LogP contribution in [0.1, 0.15) is 25.0 Å². The number of benzene rings is 7. The molecule has 0 radical (unpaired) electrons. The van der Waals surface area contributed by atoms with Gasteiger partial charge in [-0.05, 0) is 78.2 Å². The molecule has 0 bridgehead atoms. The van der Waals surface area contributed by atoms with Crippen LogP contribution in [0, 0.1) is 0 Å². The summed E-state index contributed by atoms with van der Waals surface area (Å²) < 4.78 is 6.74. The summed E-state index contributed by atoms with van der Waals surface area (Å²) in [4.78, 5) is 0. The smallest absolute Gasteiger partial charge is 0.136 e. The normalized spacial score (nSPS) is 13.4. The molecule has 7 aromatic carbocycles. The lowest BCUT2D eigenvalue weighted by atomic mass is 9.82. The largest absolute Gasteiger partial charge is 0.456 e. The Bertz CT molecular complexity index is 2350. The zero-order valence-electron chi connectivity index (χ0n) is 24.8. The Balaban J connectivity index is 1.33. The molecule has 0 amide bonds. The van der Waals surface area contributed by atoms with Crippen LogP contribution in [0.25, 0.3) is 77.2 Å². The molecule has 1 nitrogen and oxygen atoms in total. The molecular weight excluding hydrogens is 532 g/mol. The van der Waals surface area contributed by atoms with Crippen LogP contribution in [0.5, 0.6) is 0 Å². The summed E-state index contributed by atoms with van der Waals surface area (Å²) in [7, 11) is 0. The Morgan fingerprint density at radius 1 is 0.409 bits per heavy atom. The summed E-state index contributed by atoms with van der Waals surface area (Å²) in [6, 6.07) is 52.7. The van der Waals surface area contributed by atoms with Gasteiger partial charge >= 0.3 is 0 Å². The molecule has 0 saturated carbocycles. The van der Waals surface area contributed by atoms with Gasteiger partial charge in [-0.3, -0.25) is 0 Å². The molecule has 9 rings (SSSR count). The lowest BCUT2D eigenvalue weighted by Gasteiger charge is -2.21. The Morgan fingerprint density at radius 3 is 1.68 bits per heavy atom. The van der Waals surface area contributed by atoms with Gasteiger partial charge in [0.15, 0.2) is 0 Å². The standard InChI is InChI=1S/C43H30O/c1-43(2)36-23-11-10-20-33(36)42-34(22-12-24-37(42)43)39-26-35-32(21-13-25-38(35)44-39)41-30-18-8-6-16-28(30)40(27-14-4-3-5-15-27)29-17-7-9-19-31(29)41/h3-26H,1-2H3. The number of hydrogen-bond donors (Lipinski definition) is 0. The third kappa shape index (κ3) is 3.47. The molecule has 0 fully saturated rings. The van der Waals surface area contributed by atoms with E-state index in [0.29, 0.717) is 0 Å². The second-order valence-electron chi connectivity index (χ2n) is 12.4. The highest BCUT2D eigenvalue weighted by Gasteiger charge is 2.37. The molecule has 1 aliphatic carbocycles. The first-order valence-corrected chi connectivity index (χ1v) is 15.4. The van der Waals surface area contributed by atoms with Crippen LogP contribution in [0.4, 0.5) is 0 Å². The first-order chi connectivity index (χ1) is 21.6. The zero-order valence-corrected chi connectivity index (χ0v) is 24.8. The lowest BCUT2D eigenvalue weighted by molar-refractivity contribution is 0.631. The topological polar surface area (TPSA) is 13.1 Å². The molecular formula is C43H30O. The van der Waals surface area contributed by atoms with Crippen molar-refractivity contribution in [1.82, 2.24) is 0 Å². The maximum atomic E-state index is 6.74. The fourth-order valence-corrected chi connectivity index (χ4v) is 7.71. The van der Waals surface area contributed by atoms with E-state index in [9.17, 15) is 0 Å². The van der Waals surface area contributed by atoms with E-state index < -0.39 is 0 Å². The number of fused-ring (bicyclic) bond motifs is 6. The number of hydrogen-bond acceptors (Lipinski definition) is 1. The lowest BCUT2D eigenvalue weighted by Crippen LogP contribution is -2.14. The highest BCUT2D eigenvalue weighted by molar-refractivity contribution is 6.23. The predicted molar refractivity (Wildman–Crippen MR) is 185 cm³/mol. The summed E-state index contributed by atoms with van der Waals surface area (Å²) in [6.07, 6.45) is 0. The number of rotatable bonds is 3. The van der Waals surface area contributed by atoms with E-state index >= 15 is 0 Å². The van der Waals surface area contributed by atoms with Crippen LogP contribution >= 0.6 is 0 Å². The van der Waals surface area contributed by atoms with E-state index in [1.165, 1.54) is 66.1 Å². The molecule has 0 spiro atoms. The predicted octanol–water partition coefficient (Wildman–Crippen LogP) is 12.0. The van der Waals surface area contributed by atoms with E-state index in [0.717, 1.165) is 22.3 Å². The monoisotopic (exact) mass is 562 g/mol. The molecule has 0 unspecified atom stereocenters. The van der Waals surface area contributed by atoms with Crippen molar-refractivity contribution < 1.29 is 4.42 Å². The van der Waals surface area contributed by atoms with Crippen molar-refractivity contribution >= 4 is 32.5 Å². The van der Waals surface area contributed by atoms with Gasteiger partial charge in [0.1, 0.15) is 11.3 Å². The van der Waals surface area contributed by atoms with Crippen molar-refractivity contribution in [3.63, 3.8) is 0 Å². The minimum atomic E-state index is -0.0581. The first-order valence-electron chi connectivity index (χ1n) is 15.4. The van der Waals surface area contributed by atoms with E-state index in [-0.39, 0.29) is 5.41 Å². The third-order valence-electron chi connectivity index (χ3n) is 9.70. The van der Waals surface area contributed by atoms with Gasteiger partial charge in [0.05, 0.1) is 0 Å². The van der Waals surface area contributed by atoms with Gasteiger partial charge in [0.25, 0.3) is 0 Å². The Hall–Kier alpha value is -5.40. The molecule has 44 heavy (non-hydrogen) atoms. The Labute approximate surface area is 257 Å². The molecule has 0 N–H and O–H groups in total. The summed E-state index contributed by atoms with van der Waals surface area (Å²) in [5, 5.41) is 6.14. The van der Waals surface area contributed by atoms with Gasteiger partial charge in [0.2, 0.25) is 0 Å². The van der Waals surface area contributed by atoms with Gasteiger partial charge < -0.3 is 4.42 Å². The molecule has 1 aliphatic rings. The third-order valence-corrected chi connectivity index (χ3v) is 9.70. The quantitative estimate of drug-likeness (QED) is 0.195. The minimum Gasteiger partial charge on any atom is -0.456 e. The average molecular weight is 563 g/mol. The molecule has 0 saturated heterocycles. The second-order valence-corrected chi connectivity index (χ2v) is 12.4. The van der Waals surface area contributed by atoms with Crippen LogP contribution in [0.15, 0.2) is 150 Å². The maximum absolute atomic E-state index is 6.74. The van der Waals surface area contributed by atoms with Crippen molar-refractivity contribution in [2.45, 2.75) is 19.3 Å². The van der Waals surface area contributed by atoms with Crippen molar-refractivity contribution in [1.29, 1.82) is 0 Å². The highest BCUT2D eigenvalue weighted by atomic mass is 16.3. The fourth-order valence-electron chi connectivity index (χ4n) is 7.71. The van der Waals surface area contributed by atoms with E-state index in [1.54, 1.807) is 0 Å². The summed E-state index contributed by atoms with van der Waals surface area (Å²) in [5.41, 5.74) is 12.3. The van der Waals surface area contributed by atoms with Crippen molar-refractivity contribution in [3.8, 4) is 44.7 Å². The molecule has 208 valence electrons. The molecule has 1 heterocycles. The van der Waals surface area contributed by atoms with Gasteiger partial charge in [-0.15, -0.1) is 0 Å². The molecule has 1 aromatic heterocycles. The van der Waals surface area contributed by atoms with Gasteiger partial charge in [0, 0.05) is 16.4 Å². The summed E-state index contributed by atoms with van der Waals surface area (Å²) in [5.74, 6) is 0.909. The SMILES string of the molecule is CC1(C)c2ccccc2-c2c(-c3cc4c(-c5c6ccccc6c(-c6ccccc6)c6ccccc56)cccc4o3)cccc21. The average Bonchev–Trinajstić information content (AvgIpc) is 3.61. The van der Waals surface area contributed by atoms with Gasteiger partial charge in [-0.2, -0.15) is 0 Å².